The van der Waals surface area contributed by atoms with Crippen LogP contribution in [0.2, 0.25) is 0 Å². The molecule has 3 aromatic rings. The van der Waals surface area contributed by atoms with Crippen LogP contribution in [0.25, 0.3) is 0 Å². The molecule has 2 atom stereocenters. The smallest absolute Gasteiger partial charge is 0.387 e. The van der Waals surface area contributed by atoms with Crippen molar-refractivity contribution in [3.63, 3.8) is 0 Å². The summed E-state index contributed by atoms with van der Waals surface area (Å²) in [5, 5.41) is 20.4. The number of allylic oxidation sites excluding steroid dienone is 3. The molecule has 38 heavy (non-hydrogen) atoms. The topological polar surface area (TPSA) is 83.8 Å². The largest absolute Gasteiger partial charge is 0.431 e. The fourth-order valence-electron chi connectivity index (χ4n) is 3.74. The first-order valence-corrected chi connectivity index (χ1v) is 12.1. The molecule has 3 N–H and O–H groups in total. The highest BCUT2D eigenvalue weighted by Crippen LogP contribution is 2.42. The molecule has 0 aliphatic rings. The maximum Gasteiger partial charge on any atom is 0.387 e. The van der Waals surface area contributed by atoms with Gasteiger partial charge in [0.25, 0.3) is 0 Å². The fraction of sp³-hybridized carbons (Fsp3) is 0.269. The van der Waals surface area contributed by atoms with Crippen LogP contribution in [0.3, 0.4) is 0 Å². The van der Waals surface area contributed by atoms with Gasteiger partial charge in [0, 0.05) is 23.2 Å². The van der Waals surface area contributed by atoms with Gasteiger partial charge in [-0.05, 0) is 67.3 Å². The molecule has 0 spiro atoms. The number of hydroxylamine groups is 1. The van der Waals surface area contributed by atoms with Crippen LogP contribution in [0.15, 0.2) is 72.6 Å². The summed E-state index contributed by atoms with van der Waals surface area (Å²) in [5.41, 5.74) is 1.89. The van der Waals surface area contributed by atoms with E-state index in [0.29, 0.717) is 21.0 Å². The van der Waals surface area contributed by atoms with Crippen LogP contribution >= 0.6 is 11.3 Å². The number of hydrogen-bond acceptors (Lipinski definition) is 7. The molecule has 0 saturated carbocycles. The van der Waals surface area contributed by atoms with Gasteiger partial charge in [-0.3, -0.25) is 10.7 Å². The molecule has 0 bridgehead atoms. The Kier molecular flexibility index (Phi) is 9.84. The summed E-state index contributed by atoms with van der Waals surface area (Å²) in [4.78, 5) is 4.97. The van der Waals surface area contributed by atoms with E-state index >= 15 is 0 Å². The van der Waals surface area contributed by atoms with E-state index in [1.165, 1.54) is 55.7 Å². The van der Waals surface area contributed by atoms with Gasteiger partial charge in [0.05, 0.1) is 0 Å². The molecule has 2 aromatic carbocycles. The van der Waals surface area contributed by atoms with Crippen molar-refractivity contribution in [3.05, 3.63) is 99.4 Å². The highest BCUT2D eigenvalue weighted by Gasteiger charge is 2.31. The molecule has 0 saturated heterocycles. The molecule has 1 aromatic heterocycles. The molecule has 0 amide bonds. The van der Waals surface area contributed by atoms with E-state index in [4.69, 9.17) is 5.21 Å². The van der Waals surface area contributed by atoms with Crippen LogP contribution in [-0.4, -0.2) is 28.5 Å². The molecule has 204 valence electrons. The Bertz CT molecular complexity index is 1260. The predicted octanol–water partition coefficient (Wildman–Crippen LogP) is 6.70. The quantitative estimate of drug-likeness (QED) is 0.131. The maximum absolute atomic E-state index is 13.4. The van der Waals surface area contributed by atoms with Gasteiger partial charge < -0.3 is 14.6 Å². The molecular formula is C26H25F5N2O4S. The molecule has 6 nitrogen and oxygen atoms in total. The molecule has 0 aliphatic heterocycles. The lowest BCUT2D eigenvalue weighted by Crippen LogP contribution is -2.22. The highest BCUT2D eigenvalue weighted by molar-refractivity contribution is 7.11. The molecule has 1 heterocycles. The third-order valence-corrected chi connectivity index (χ3v) is 7.00. The number of aliphatic hydroxyl groups is 1. The summed E-state index contributed by atoms with van der Waals surface area (Å²) in [5.74, 6) is -2.14. The van der Waals surface area contributed by atoms with Crippen LogP contribution in [0, 0.1) is 5.82 Å². The average Bonchev–Trinajstić information content (AvgIpc) is 3.36. The summed E-state index contributed by atoms with van der Waals surface area (Å²) >= 11 is 1.14. The fourth-order valence-corrected chi connectivity index (χ4v) is 4.85. The normalized spacial score (nSPS) is 14.7. The lowest BCUT2D eigenvalue weighted by molar-refractivity contribution is -0.0692. The van der Waals surface area contributed by atoms with Crippen LogP contribution in [0.1, 0.15) is 47.2 Å². The van der Waals surface area contributed by atoms with E-state index in [1.807, 2.05) is 5.48 Å². The zero-order valence-electron chi connectivity index (χ0n) is 20.2. The van der Waals surface area contributed by atoms with Crippen LogP contribution in [-0.2, 0) is 5.60 Å². The third kappa shape index (κ3) is 7.30. The Morgan fingerprint density at radius 2 is 1.74 bits per heavy atom. The number of rotatable bonds is 12. The number of alkyl halides is 4. The van der Waals surface area contributed by atoms with Gasteiger partial charge in [-0.25, -0.2) is 9.37 Å². The second-order valence-electron chi connectivity index (χ2n) is 8.19. The van der Waals surface area contributed by atoms with Crippen molar-refractivity contribution in [2.24, 2.45) is 0 Å². The zero-order valence-corrected chi connectivity index (χ0v) is 21.1. The second-order valence-corrected chi connectivity index (χ2v) is 9.26. The summed E-state index contributed by atoms with van der Waals surface area (Å²) in [6.07, 6.45) is 6.44. The van der Waals surface area contributed by atoms with Gasteiger partial charge in [-0.1, -0.05) is 24.3 Å². The van der Waals surface area contributed by atoms with E-state index < -0.39 is 42.1 Å². The van der Waals surface area contributed by atoms with E-state index in [0.717, 1.165) is 23.0 Å². The number of thiazole rings is 1. The van der Waals surface area contributed by atoms with Gasteiger partial charge in [-0.15, -0.1) is 11.3 Å². The number of halogens is 5. The van der Waals surface area contributed by atoms with Crippen molar-refractivity contribution in [1.82, 2.24) is 10.5 Å². The van der Waals surface area contributed by atoms with Crippen molar-refractivity contribution in [1.29, 1.82) is 0 Å². The summed E-state index contributed by atoms with van der Waals surface area (Å²) < 4.78 is 73.9. The van der Waals surface area contributed by atoms with Gasteiger partial charge in [0.15, 0.2) is 11.5 Å². The Balaban J connectivity index is 2.07. The molecule has 3 rings (SSSR count). The predicted molar refractivity (Wildman–Crippen MR) is 131 cm³/mol. The SMILES string of the molecule is C/C=C(\C=C/NO)CC(c1ccc(OC(F)F)c(OC(F)F)c1)c1cnc(C(C)(O)c2ccc(F)cc2)s1. The molecule has 12 heteroatoms. The number of ether oxygens (including phenoxy) is 2. The third-order valence-electron chi connectivity index (χ3n) is 5.67. The van der Waals surface area contributed by atoms with E-state index in [1.54, 1.807) is 19.1 Å². The standard InChI is InChI=1S/C26H25F5N2O4S/c1-3-15(10-11-33-35)12-19(16-4-9-20(36-24(28)29)21(13-16)37-25(30)31)22-14-32-23(38-22)26(2,34)17-5-7-18(27)8-6-17/h3-11,13-14,19,24-25,33-35H,12H2,1-2H3/b11-10-,15-3+. The Labute approximate surface area is 219 Å². The number of benzene rings is 2. The molecule has 0 aliphatic carbocycles. The molecular weight excluding hydrogens is 531 g/mol. The number of hydrogen-bond donors (Lipinski definition) is 3. The Morgan fingerprint density at radius 1 is 1.08 bits per heavy atom. The maximum atomic E-state index is 13.4. The van der Waals surface area contributed by atoms with Crippen molar-refractivity contribution in [2.45, 2.75) is 45.0 Å². The van der Waals surface area contributed by atoms with Crippen molar-refractivity contribution < 1.29 is 41.7 Å². The molecule has 0 radical (unpaired) electrons. The second kappa shape index (κ2) is 12.9. The minimum Gasteiger partial charge on any atom is -0.431 e. The number of aromatic nitrogens is 1. The van der Waals surface area contributed by atoms with E-state index in [9.17, 15) is 27.1 Å². The minimum absolute atomic E-state index is 0.276. The van der Waals surface area contributed by atoms with E-state index in [2.05, 4.69) is 14.5 Å². The Morgan fingerprint density at radius 3 is 2.34 bits per heavy atom. The monoisotopic (exact) mass is 556 g/mol. The molecule has 0 fully saturated rings. The van der Waals surface area contributed by atoms with Gasteiger partial charge in [-0.2, -0.15) is 17.6 Å². The minimum atomic E-state index is -3.28. The van der Waals surface area contributed by atoms with Crippen molar-refractivity contribution >= 4 is 11.3 Å². The van der Waals surface area contributed by atoms with E-state index in [-0.39, 0.29) is 6.42 Å². The lowest BCUT2D eigenvalue weighted by Gasteiger charge is -2.22. The van der Waals surface area contributed by atoms with Gasteiger partial charge >= 0.3 is 13.2 Å². The summed E-state index contributed by atoms with van der Waals surface area (Å²) in [7, 11) is 0. The molecule has 2 unspecified atom stereocenters. The summed E-state index contributed by atoms with van der Waals surface area (Å²) in [6, 6.07) is 9.06. The first kappa shape index (κ1) is 29.1. The number of nitrogens with zero attached hydrogens (tertiary/aromatic N) is 1. The van der Waals surface area contributed by atoms with Gasteiger partial charge in [0.2, 0.25) is 0 Å². The zero-order chi connectivity index (χ0) is 27.9. The van der Waals surface area contributed by atoms with Crippen LogP contribution in [0.4, 0.5) is 22.0 Å². The first-order chi connectivity index (χ1) is 18.0. The average molecular weight is 557 g/mol. The number of nitrogens with one attached hydrogen (secondary N) is 1. The van der Waals surface area contributed by atoms with Crippen molar-refractivity contribution in [2.75, 3.05) is 0 Å². The van der Waals surface area contributed by atoms with Gasteiger partial charge in [0.1, 0.15) is 16.4 Å². The summed E-state index contributed by atoms with van der Waals surface area (Å²) in [6.45, 7) is -3.26. The van der Waals surface area contributed by atoms with Crippen LogP contribution in [0.5, 0.6) is 11.5 Å². The Hall–Kier alpha value is -3.48. The highest BCUT2D eigenvalue weighted by atomic mass is 32.1. The van der Waals surface area contributed by atoms with Crippen LogP contribution < -0.4 is 15.0 Å². The lowest BCUT2D eigenvalue weighted by atomic mass is 9.90. The van der Waals surface area contributed by atoms with Crippen molar-refractivity contribution in [3.8, 4) is 11.5 Å². The first-order valence-electron chi connectivity index (χ1n) is 11.2.